The van der Waals surface area contributed by atoms with E-state index < -0.39 is 24.1 Å². The third-order valence-electron chi connectivity index (χ3n) is 3.63. The summed E-state index contributed by atoms with van der Waals surface area (Å²) in [5, 5.41) is 0.00825. The molecule has 0 amide bonds. The first-order valence-corrected chi connectivity index (χ1v) is 6.12. The SMILES string of the molecule is CC1(C)OB(c2cc(Cl)c(F)cc2N)OC1(C)C. The van der Waals surface area contributed by atoms with E-state index in [1.807, 2.05) is 27.7 Å². The van der Waals surface area contributed by atoms with Gasteiger partial charge in [-0.2, -0.15) is 0 Å². The molecule has 2 rings (SSSR count). The Morgan fingerprint density at radius 2 is 1.67 bits per heavy atom. The van der Waals surface area contributed by atoms with Crippen molar-refractivity contribution in [2.75, 3.05) is 5.73 Å². The predicted octanol–water partition coefficient (Wildman–Crippen LogP) is 2.36. The first kappa shape index (κ1) is 13.7. The van der Waals surface area contributed by atoms with E-state index in [9.17, 15) is 4.39 Å². The van der Waals surface area contributed by atoms with E-state index in [1.165, 1.54) is 12.1 Å². The highest BCUT2D eigenvalue weighted by molar-refractivity contribution is 6.64. The van der Waals surface area contributed by atoms with E-state index in [1.54, 1.807) is 0 Å². The molecule has 0 bridgehead atoms. The van der Waals surface area contributed by atoms with E-state index in [2.05, 4.69) is 0 Å². The molecule has 0 aromatic heterocycles. The van der Waals surface area contributed by atoms with Crippen molar-refractivity contribution in [1.82, 2.24) is 0 Å². The summed E-state index contributed by atoms with van der Waals surface area (Å²) in [6.07, 6.45) is 0. The molecule has 1 fully saturated rings. The molecular weight excluding hydrogens is 255 g/mol. The lowest BCUT2D eigenvalue weighted by atomic mass is 9.78. The lowest BCUT2D eigenvalue weighted by Crippen LogP contribution is -2.41. The van der Waals surface area contributed by atoms with Crippen molar-refractivity contribution in [2.45, 2.75) is 38.9 Å². The van der Waals surface area contributed by atoms with Crippen LogP contribution in [0.15, 0.2) is 12.1 Å². The third kappa shape index (κ3) is 2.11. The monoisotopic (exact) mass is 271 g/mol. The van der Waals surface area contributed by atoms with Crippen LogP contribution < -0.4 is 11.2 Å². The highest BCUT2D eigenvalue weighted by atomic mass is 35.5. The van der Waals surface area contributed by atoms with E-state index in [4.69, 9.17) is 26.6 Å². The molecule has 18 heavy (non-hydrogen) atoms. The van der Waals surface area contributed by atoms with Crippen LogP contribution in [-0.4, -0.2) is 18.3 Å². The van der Waals surface area contributed by atoms with Gasteiger partial charge in [0, 0.05) is 11.2 Å². The molecule has 1 aromatic rings. The third-order valence-corrected chi connectivity index (χ3v) is 3.92. The molecule has 1 heterocycles. The first-order chi connectivity index (χ1) is 8.14. The van der Waals surface area contributed by atoms with Gasteiger partial charge in [-0.15, -0.1) is 0 Å². The summed E-state index contributed by atoms with van der Waals surface area (Å²) in [5.41, 5.74) is 5.68. The number of nitrogens with two attached hydrogens (primary N) is 1. The van der Waals surface area contributed by atoms with Crippen molar-refractivity contribution in [3.8, 4) is 0 Å². The van der Waals surface area contributed by atoms with Gasteiger partial charge in [-0.3, -0.25) is 0 Å². The van der Waals surface area contributed by atoms with Gasteiger partial charge in [0.2, 0.25) is 0 Å². The van der Waals surface area contributed by atoms with Crippen LogP contribution in [0.5, 0.6) is 0 Å². The van der Waals surface area contributed by atoms with Gasteiger partial charge in [-0.25, -0.2) is 4.39 Å². The Bertz CT molecular complexity index is 477. The van der Waals surface area contributed by atoms with Crippen molar-refractivity contribution in [2.24, 2.45) is 0 Å². The average molecular weight is 272 g/mol. The zero-order valence-electron chi connectivity index (χ0n) is 10.9. The maximum atomic E-state index is 13.3. The van der Waals surface area contributed by atoms with Gasteiger partial charge in [-0.05, 0) is 39.8 Å². The summed E-state index contributed by atoms with van der Waals surface area (Å²) in [5.74, 6) is -0.547. The normalized spacial score (nSPS) is 21.3. The summed E-state index contributed by atoms with van der Waals surface area (Å²) >= 11 is 5.76. The number of nitrogen functional groups attached to an aromatic ring is 1. The Morgan fingerprint density at radius 1 is 1.17 bits per heavy atom. The maximum absolute atomic E-state index is 13.3. The molecule has 0 unspecified atom stereocenters. The summed E-state index contributed by atoms with van der Waals surface area (Å²) in [4.78, 5) is 0. The Balaban J connectivity index is 2.38. The first-order valence-electron chi connectivity index (χ1n) is 5.74. The topological polar surface area (TPSA) is 44.5 Å². The molecule has 0 radical (unpaired) electrons. The fraction of sp³-hybridized carbons (Fsp3) is 0.500. The van der Waals surface area contributed by atoms with E-state index in [-0.39, 0.29) is 10.7 Å². The number of rotatable bonds is 1. The quantitative estimate of drug-likeness (QED) is 0.630. The minimum absolute atomic E-state index is 0.00825. The second-order valence-electron chi connectivity index (χ2n) is 5.48. The van der Waals surface area contributed by atoms with Crippen LogP contribution in [0.2, 0.25) is 5.02 Å². The lowest BCUT2D eigenvalue weighted by Gasteiger charge is -2.32. The van der Waals surface area contributed by atoms with Crippen LogP contribution in [0.4, 0.5) is 10.1 Å². The van der Waals surface area contributed by atoms with Gasteiger partial charge in [0.25, 0.3) is 0 Å². The molecule has 1 saturated heterocycles. The Morgan fingerprint density at radius 3 is 2.17 bits per heavy atom. The maximum Gasteiger partial charge on any atom is 0.497 e. The molecule has 1 aliphatic rings. The highest BCUT2D eigenvalue weighted by Crippen LogP contribution is 2.37. The van der Waals surface area contributed by atoms with Crippen molar-refractivity contribution >= 4 is 29.9 Å². The van der Waals surface area contributed by atoms with Crippen molar-refractivity contribution in [1.29, 1.82) is 0 Å². The van der Waals surface area contributed by atoms with E-state index in [0.29, 0.717) is 5.46 Å². The summed E-state index contributed by atoms with van der Waals surface area (Å²) in [7, 11) is -0.631. The zero-order chi connectivity index (χ0) is 13.7. The largest absolute Gasteiger partial charge is 0.497 e. The summed E-state index contributed by atoms with van der Waals surface area (Å²) in [6, 6.07) is 2.64. The van der Waals surface area contributed by atoms with Crippen LogP contribution in [0.1, 0.15) is 27.7 Å². The number of anilines is 1. The van der Waals surface area contributed by atoms with Crippen molar-refractivity contribution in [3.63, 3.8) is 0 Å². The van der Waals surface area contributed by atoms with Crippen molar-refractivity contribution in [3.05, 3.63) is 23.0 Å². The van der Waals surface area contributed by atoms with Gasteiger partial charge in [-0.1, -0.05) is 11.6 Å². The molecule has 0 aliphatic carbocycles. The Hall–Kier alpha value is -0.775. The molecule has 1 aliphatic heterocycles. The second-order valence-corrected chi connectivity index (χ2v) is 5.89. The average Bonchev–Trinajstić information content (AvgIpc) is 2.42. The molecule has 6 heteroatoms. The lowest BCUT2D eigenvalue weighted by molar-refractivity contribution is 0.00578. The molecule has 98 valence electrons. The fourth-order valence-corrected chi connectivity index (χ4v) is 1.92. The van der Waals surface area contributed by atoms with Crippen LogP contribution in [-0.2, 0) is 9.31 Å². The number of halogens is 2. The smallest absolute Gasteiger partial charge is 0.399 e. The molecule has 3 nitrogen and oxygen atoms in total. The predicted molar refractivity (Wildman–Crippen MR) is 71.5 cm³/mol. The minimum atomic E-state index is -0.631. The standard InChI is InChI=1S/C12H16BClFNO2/c1-11(2)12(3,4)18-13(17-11)7-5-8(14)9(15)6-10(7)16/h5-6H,16H2,1-4H3. The van der Waals surface area contributed by atoms with Crippen LogP contribution in [0.3, 0.4) is 0 Å². The van der Waals surface area contributed by atoms with Crippen LogP contribution in [0.25, 0.3) is 0 Å². The Labute approximate surface area is 112 Å². The number of hydrogen-bond acceptors (Lipinski definition) is 3. The van der Waals surface area contributed by atoms with E-state index >= 15 is 0 Å². The number of benzene rings is 1. The molecule has 0 spiro atoms. The molecule has 1 aromatic carbocycles. The highest BCUT2D eigenvalue weighted by Gasteiger charge is 2.52. The van der Waals surface area contributed by atoms with Gasteiger partial charge in [0.15, 0.2) is 0 Å². The Kier molecular flexibility index (Phi) is 3.12. The molecule has 0 saturated carbocycles. The molecular formula is C12H16BClFNO2. The summed E-state index contributed by atoms with van der Waals surface area (Å²) in [6.45, 7) is 7.76. The fourth-order valence-electron chi connectivity index (χ4n) is 1.75. The van der Waals surface area contributed by atoms with E-state index in [0.717, 1.165) is 0 Å². The zero-order valence-corrected chi connectivity index (χ0v) is 11.6. The van der Waals surface area contributed by atoms with Gasteiger partial charge < -0.3 is 15.0 Å². The molecule has 2 N–H and O–H groups in total. The van der Waals surface area contributed by atoms with Gasteiger partial charge >= 0.3 is 7.12 Å². The summed E-state index contributed by atoms with van der Waals surface area (Å²) < 4.78 is 24.9. The minimum Gasteiger partial charge on any atom is -0.399 e. The van der Waals surface area contributed by atoms with Crippen LogP contribution in [0, 0.1) is 5.82 Å². The number of hydrogen-bond donors (Lipinski definition) is 1. The van der Waals surface area contributed by atoms with Crippen molar-refractivity contribution < 1.29 is 13.7 Å². The van der Waals surface area contributed by atoms with Crippen LogP contribution >= 0.6 is 11.6 Å². The molecule has 0 atom stereocenters. The van der Waals surface area contributed by atoms with Gasteiger partial charge in [0.1, 0.15) is 5.82 Å². The second kappa shape index (κ2) is 4.12. The van der Waals surface area contributed by atoms with Gasteiger partial charge in [0.05, 0.1) is 16.2 Å².